The molecule has 2 nitrogen and oxygen atoms in total. The maximum absolute atomic E-state index is 9.55. The lowest BCUT2D eigenvalue weighted by Gasteiger charge is -2.18. The Kier molecular flexibility index (Phi) is 13.3. The van der Waals surface area contributed by atoms with Crippen molar-refractivity contribution in [3.05, 3.63) is 0 Å². The first-order valence-corrected chi connectivity index (χ1v) is 9.65. The average Bonchev–Trinajstić information content (AvgIpc) is 2.45. The van der Waals surface area contributed by atoms with Crippen LogP contribution in [0.5, 0.6) is 0 Å². The maximum Gasteiger partial charge on any atom is 0.0796 e. The molecule has 134 valence electrons. The number of hydrogen-bond acceptors (Lipinski definition) is 2. The van der Waals surface area contributed by atoms with Gasteiger partial charge in [-0.3, -0.25) is 0 Å². The molecule has 0 aromatic rings. The largest absolute Gasteiger partial charge is 0.394 e. The minimum Gasteiger partial charge on any atom is -0.394 e. The summed E-state index contributed by atoms with van der Waals surface area (Å²) in [6.07, 6.45) is 11.1. The standard InChI is InChI=1S/C20H42O2/c1-16(2)9-6-10-17(3)11-7-12-18(4)13-8-14-19(5)20(22)15-21/h16-22H,6-15H2,1-5H3. The zero-order chi connectivity index (χ0) is 17.0. The van der Waals surface area contributed by atoms with E-state index in [4.69, 9.17) is 5.11 Å². The Hall–Kier alpha value is -0.0800. The summed E-state index contributed by atoms with van der Waals surface area (Å²) in [6, 6.07) is 0. The molecular weight excluding hydrogens is 272 g/mol. The van der Waals surface area contributed by atoms with Crippen molar-refractivity contribution in [2.45, 2.75) is 98.5 Å². The van der Waals surface area contributed by atoms with Crippen molar-refractivity contribution in [3.8, 4) is 0 Å². The molecule has 0 saturated heterocycles. The quantitative estimate of drug-likeness (QED) is 0.450. The molecule has 0 saturated carbocycles. The van der Waals surface area contributed by atoms with Gasteiger partial charge in [0.05, 0.1) is 12.7 Å². The van der Waals surface area contributed by atoms with Crippen LogP contribution in [-0.2, 0) is 0 Å². The van der Waals surface area contributed by atoms with Gasteiger partial charge in [0, 0.05) is 0 Å². The van der Waals surface area contributed by atoms with Crippen LogP contribution in [0.15, 0.2) is 0 Å². The highest BCUT2D eigenvalue weighted by atomic mass is 16.3. The summed E-state index contributed by atoms with van der Waals surface area (Å²) in [6.45, 7) is 11.3. The van der Waals surface area contributed by atoms with Crippen LogP contribution in [0.3, 0.4) is 0 Å². The first-order valence-electron chi connectivity index (χ1n) is 9.65. The fraction of sp³-hybridized carbons (Fsp3) is 1.00. The van der Waals surface area contributed by atoms with E-state index >= 15 is 0 Å². The molecule has 22 heavy (non-hydrogen) atoms. The Bertz CT molecular complexity index is 240. The molecule has 0 aliphatic heterocycles. The molecular formula is C20H42O2. The van der Waals surface area contributed by atoms with Gasteiger partial charge in [-0.1, -0.05) is 86.0 Å². The number of aliphatic hydroxyl groups excluding tert-OH is 2. The van der Waals surface area contributed by atoms with E-state index < -0.39 is 6.10 Å². The van der Waals surface area contributed by atoms with Crippen LogP contribution in [0.1, 0.15) is 92.4 Å². The summed E-state index contributed by atoms with van der Waals surface area (Å²) in [5.41, 5.74) is 0. The summed E-state index contributed by atoms with van der Waals surface area (Å²) in [5.74, 6) is 2.74. The van der Waals surface area contributed by atoms with Gasteiger partial charge in [-0.2, -0.15) is 0 Å². The van der Waals surface area contributed by atoms with Crippen molar-refractivity contribution in [2.75, 3.05) is 6.61 Å². The summed E-state index contributed by atoms with van der Waals surface area (Å²) in [7, 11) is 0. The second kappa shape index (κ2) is 13.4. The fourth-order valence-electron chi connectivity index (χ4n) is 3.14. The molecule has 2 N–H and O–H groups in total. The van der Waals surface area contributed by atoms with Gasteiger partial charge in [0.15, 0.2) is 0 Å². The molecule has 0 spiro atoms. The van der Waals surface area contributed by atoms with Gasteiger partial charge < -0.3 is 10.2 Å². The lowest BCUT2D eigenvalue weighted by Crippen LogP contribution is -2.21. The molecule has 0 heterocycles. The average molecular weight is 315 g/mol. The molecule has 4 atom stereocenters. The van der Waals surface area contributed by atoms with E-state index in [1.165, 1.54) is 51.4 Å². The van der Waals surface area contributed by atoms with Gasteiger partial charge in [0.2, 0.25) is 0 Å². The van der Waals surface area contributed by atoms with Gasteiger partial charge in [0.25, 0.3) is 0 Å². The number of rotatable bonds is 14. The van der Waals surface area contributed by atoms with Crippen LogP contribution in [0, 0.1) is 23.7 Å². The first-order chi connectivity index (χ1) is 10.4. The Morgan fingerprint density at radius 1 is 0.636 bits per heavy atom. The summed E-state index contributed by atoms with van der Waals surface area (Å²) < 4.78 is 0. The van der Waals surface area contributed by atoms with E-state index in [0.717, 1.165) is 24.2 Å². The third-order valence-electron chi connectivity index (χ3n) is 5.07. The first kappa shape index (κ1) is 21.9. The molecule has 0 radical (unpaired) electrons. The monoisotopic (exact) mass is 314 g/mol. The van der Waals surface area contributed by atoms with Crippen LogP contribution in [-0.4, -0.2) is 22.9 Å². The molecule has 0 aliphatic carbocycles. The predicted octanol–water partition coefficient (Wildman–Crippen LogP) is 5.41. The minimum atomic E-state index is -0.540. The minimum absolute atomic E-state index is 0.106. The van der Waals surface area contributed by atoms with E-state index in [1.807, 2.05) is 6.92 Å². The Morgan fingerprint density at radius 3 is 1.45 bits per heavy atom. The van der Waals surface area contributed by atoms with Gasteiger partial charge in [-0.25, -0.2) is 0 Å². The lowest BCUT2D eigenvalue weighted by molar-refractivity contribution is 0.0491. The van der Waals surface area contributed by atoms with Crippen LogP contribution in [0.2, 0.25) is 0 Å². The van der Waals surface area contributed by atoms with Crippen molar-refractivity contribution in [3.63, 3.8) is 0 Å². The molecule has 4 unspecified atom stereocenters. The lowest BCUT2D eigenvalue weighted by atomic mass is 9.90. The summed E-state index contributed by atoms with van der Waals surface area (Å²) in [4.78, 5) is 0. The van der Waals surface area contributed by atoms with Crippen molar-refractivity contribution in [2.24, 2.45) is 23.7 Å². The van der Waals surface area contributed by atoms with Crippen LogP contribution in [0.4, 0.5) is 0 Å². The van der Waals surface area contributed by atoms with Crippen molar-refractivity contribution in [1.82, 2.24) is 0 Å². The van der Waals surface area contributed by atoms with Crippen molar-refractivity contribution < 1.29 is 10.2 Å². The van der Waals surface area contributed by atoms with Crippen molar-refractivity contribution >= 4 is 0 Å². The highest BCUT2D eigenvalue weighted by Gasteiger charge is 2.13. The van der Waals surface area contributed by atoms with Gasteiger partial charge in [0.1, 0.15) is 0 Å². The van der Waals surface area contributed by atoms with Gasteiger partial charge in [-0.05, 0) is 30.1 Å². The van der Waals surface area contributed by atoms with E-state index in [2.05, 4.69) is 27.7 Å². The van der Waals surface area contributed by atoms with E-state index in [1.54, 1.807) is 0 Å². The second-order valence-electron chi connectivity index (χ2n) is 8.12. The smallest absolute Gasteiger partial charge is 0.0796 e. The Labute approximate surface area is 139 Å². The molecule has 0 amide bonds. The summed E-state index contributed by atoms with van der Waals surface area (Å²) in [5, 5.41) is 18.5. The molecule has 0 aliphatic rings. The van der Waals surface area contributed by atoms with E-state index in [0.29, 0.717) is 0 Å². The second-order valence-corrected chi connectivity index (χ2v) is 8.12. The molecule has 0 bridgehead atoms. The van der Waals surface area contributed by atoms with Crippen molar-refractivity contribution in [1.29, 1.82) is 0 Å². The summed E-state index contributed by atoms with van der Waals surface area (Å²) >= 11 is 0. The predicted molar refractivity (Wildman–Crippen MR) is 97.0 cm³/mol. The van der Waals surface area contributed by atoms with Gasteiger partial charge >= 0.3 is 0 Å². The highest BCUT2D eigenvalue weighted by Crippen LogP contribution is 2.22. The molecule has 0 aromatic carbocycles. The van der Waals surface area contributed by atoms with Crippen LogP contribution < -0.4 is 0 Å². The fourth-order valence-corrected chi connectivity index (χ4v) is 3.14. The number of hydrogen-bond donors (Lipinski definition) is 2. The van der Waals surface area contributed by atoms with Crippen LogP contribution >= 0.6 is 0 Å². The SMILES string of the molecule is CC(C)CCCC(C)CCCC(C)CCCC(C)C(O)CO. The van der Waals surface area contributed by atoms with Gasteiger partial charge in [-0.15, -0.1) is 0 Å². The normalized spacial score (nSPS) is 17.5. The molecule has 0 aromatic heterocycles. The van der Waals surface area contributed by atoms with E-state index in [-0.39, 0.29) is 12.5 Å². The zero-order valence-electron chi connectivity index (χ0n) is 15.9. The zero-order valence-corrected chi connectivity index (χ0v) is 15.9. The molecule has 0 rings (SSSR count). The maximum atomic E-state index is 9.55. The third-order valence-corrected chi connectivity index (χ3v) is 5.07. The Balaban J connectivity index is 3.54. The third kappa shape index (κ3) is 12.5. The van der Waals surface area contributed by atoms with E-state index in [9.17, 15) is 5.11 Å². The highest BCUT2D eigenvalue weighted by molar-refractivity contribution is 4.65. The number of aliphatic hydroxyl groups is 2. The Morgan fingerprint density at radius 2 is 1.05 bits per heavy atom. The van der Waals surface area contributed by atoms with Crippen LogP contribution in [0.25, 0.3) is 0 Å². The topological polar surface area (TPSA) is 40.5 Å². The molecule has 0 fully saturated rings. The molecule has 2 heteroatoms.